The quantitative estimate of drug-likeness (QED) is 0.212. The highest BCUT2D eigenvalue weighted by molar-refractivity contribution is 8.02. The van der Waals surface area contributed by atoms with Crippen molar-refractivity contribution in [2.45, 2.75) is 42.3 Å². The summed E-state index contributed by atoms with van der Waals surface area (Å²) >= 11 is 1.61. The first kappa shape index (κ1) is 30.3. The summed E-state index contributed by atoms with van der Waals surface area (Å²) in [6, 6.07) is 28.6. The standard InChI is InChI=1S/C37H37N3O5S/c1-3-45-28-17-15-26(16-18-28)38-34(42)31-30-19-22(2)37(46-30)32(31)36(44)40(29(21-41)24-10-5-4-6-11-24)33(37)35(43)39-27-14-13-23-9-7-8-12-25(23)20-27/h4-18,20,22,29-33,41H,3,19,21H2,1-2H3,(H,38,42)(H,39,43)/t22?,29-,30-,31+,32+,33?,37?/m1/s1. The lowest BCUT2D eigenvalue weighted by Crippen LogP contribution is -2.55. The van der Waals surface area contributed by atoms with E-state index in [-0.39, 0.29) is 35.5 Å². The van der Waals surface area contributed by atoms with Gasteiger partial charge in [-0.1, -0.05) is 67.6 Å². The van der Waals surface area contributed by atoms with Crippen LogP contribution in [0.5, 0.6) is 5.75 Å². The molecule has 46 heavy (non-hydrogen) atoms. The summed E-state index contributed by atoms with van der Waals surface area (Å²) in [5, 5.41) is 18.9. The van der Waals surface area contributed by atoms with Crippen LogP contribution in [-0.4, -0.2) is 57.0 Å². The molecule has 4 aromatic carbocycles. The van der Waals surface area contributed by atoms with Gasteiger partial charge >= 0.3 is 0 Å². The van der Waals surface area contributed by atoms with Gasteiger partial charge in [0.25, 0.3) is 0 Å². The van der Waals surface area contributed by atoms with Crippen LogP contribution >= 0.6 is 11.8 Å². The molecule has 9 heteroatoms. The molecule has 236 valence electrons. The Morgan fingerprint density at radius 2 is 1.61 bits per heavy atom. The van der Waals surface area contributed by atoms with Crippen LogP contribution in [-0.2, 0) is 14.4 Å². The van der Waals surface area contributed by atoms with Crippen molar-refractivity contribution >= 4 is 51.6 Å². The summed E-state index contributed by atoms with van der Waals surface area (Å²) < 4.78 is 4.70. The van der Waals surface area contributed by atoms with Crippen LogP contribution in [0.25, 0.3) is 10.8 Å². The third kappa shape index (κ3) is 4.93. The number of amides is 3. The van der Waals surface area contributed by atoms with Gasteiger partial charge in [0.1, 0.15) is 11.8 Å². The molecule has 3 heterocycles. The summed E-state index contributed by atoms with van der Waals surface area (Å²) in [4.78, 5) is 44.9. The molecule has 0 radical (unpaired) electrons. The molecule has 3 saturated heterocycles. The normalized spacial score (nSPS) is 27.0. The zero-order valence-corrected chi connectivity index (χ0v) is 26.6. The number of carbonyl (C=O) groups excluding carboxylic acids is 3. The Labute approximate surface area is 272 Å². The topological polar surface area (TPSA) is 108 Å². The second-order valence-corrected chi connectivity index (χ2v) is 14.0. The number of rotatable bonds is 9. The smallest absolute Gasteiger partial charge is 0.248 e. The maximum absolute atomic E-state index is 14.7. The third-order valence-corrected chi connectivity index (χ3v) is 12.0. The number of aliphatic hydroxyl groups excluding tert-OH is 1. The van der Waals surface area contributed by atoms with Crippen LogP contribution in [0.15, 0.2) is 97.1 Å². The lowest BCUT2D eigenvalue weighted by molar-refractivity contribution is -0.141. The van der Waals surface area contributed by atoms with Gasteiger partial charge < -0.3 is 25.4 Å². The molecule has 0 saturated carbocycles. The average molecular weight is 636 g/mol. The van der Waals surface area contributed by atoms with Gasteiger partial charge in [-0.15, -0.1) is 11.8 Å². The average Bonchev–Trinajstić information content (AvgIpc) is 3.66. The molecular weight excluding hydrogens is 598 g/mol. The number of ether oxygens (including phenoxy) is 1. The Balaban J connectivity index is 1.26. The van der Waals surface area contributed by atoms with Gasteiger partial charge in [0.2, 0.25) is 17.7 Å². The van der Waals surface area contributed by atoms with Crippen molar-refractivity contribution in [3.8, 4) is 5.75 Å². The van der Waals surface area contributed by atoms with Crippen LogP contribution in [0.1, 0.15) is 31.9 Å². The summed E-state index contributed by atoms with van der Waals surface area (Å²) in [5.74, 6) is -1.47. The number of anilines is 2. The van der Waals surface area contributed by atoms with Crippen LogP contribution < -0.4 is 15.4 Å². The Hall–Kier alpha value is -4.34. The number of hydrogen-bond acceptors (Lipinski definition) is 6. The Kier molecular flexibility index (Phi) is 7.98. The molecule has 1 spiro atoms. The Morgan fingerprint density at radius 3 is 2.33 bits per heavy atom. The number of nitrogens with zero attached hydrogens (tertiary/aromatic N) is 1. The molecule has 3 N–H and O–H groups in total. The van der Waals surface area contributed by atoms with Crippen LogP contribution in [0.4, 0.5) is 11.4 Å². The van der Waals surface area contributed by atoms with E-state index in [1.165, 1.54) is 0 Å². The van der Waals surface area contributed by atoms with E-state index in [0.717, 1.165) is 16.3 Å². The van der Waals surface area contributed by atoms with Gasteiger partial charge in [-0.05, 0) is 72.0 Å². The van der Waals surface area contributed by atoms with Gasteiger partial charge in [-0.2, -0.15) is 0 Å². The number of fused-ring (bicyclic) bond motifs is 2. The zero-order valence-electron chi connectivity index (χ0n) is 25.8. The highest BCUT2D eigenvalue weighted by Gasteiger charge is 2.76. The minimum absolute atomic E-state index is 0.0153. The van der Waals surface area contributed by atoms with Crippen molar-refractivity contribution in [2.75, 3.05) is 23.8 Å². The number of thioether (sulfide) groups is 1. The minimum atomic E-state index is -0.901. The van der Waals surface area contributed by atoms with E-state index in [0.29, 0.717) is 30.2 Å². The third-order valence-electron chi connectivity index (χ3n) is 9.88. The molecule has 4 aromatic rings. The maximum atomic E-state index is 14.7. The lowest BCUT2D eigenvalue weighted by Gasteiger charge is -2.40. The number of likely N-dealkylation sites (tertiary alicyclic amines) is 1. The maximum Gasteiger partial charge on any atom is 0.248 e. The van der Waals surface area contributed by atoms with Crippen LogP contribution in [0, 0.1) is 17.8 Å². The molecule has 7 atom stereocenters. The van der Waals surface area contributed by atoms with Crippen molar-refractivity contribution in [3.05, 3.63) is 103 Å². The molecule has 3 fully saturated rings. The Morgan fingerprint density at radius 1 is 0.935 bits per heavy atom. The summed E-state index contributed by atoms with van der Waals surface area (Å²) in [5.41, 5.74) is 1.99. The van der Waals surface area contributed by atoms with Crippen LogP contribution in [0.3, 0.4) is 0 Å². The molecule has 0 aliphatic carbocycles. The Bertz CT molecular complexity index is 1780. The van der Waals surface area contributed by atoms with E-state index in [1.54, 1.807) is 40.9 Å². The first-order valence-corrected chi connectivity index (χ1v) is 16.7. The van der Waals surface area contributed by atoms with E-state index < -0.39 is 28.7 Å². The van der Waals surface area contributed by atoms with Crippen molar-refractivity contribution in [3.63, 3.8) is 0 Å². The molecule has 8 nitrogen and oxygen atoms in total. The second-order valence-electron chi connectivity index (χ2n) is 12.4. The fourth-order valence-corrected chi connectivity index (χ4v) is 10.3. The van der Waals surface area contributed by atoms with Crippen molar-refractivity contribution in [1.29, 1.82) is 0 Å². The molecule has 3 unspecified atom stereocenters. The van der Waals surface area contributed by atoms with E-state index in [2.05, 4.69) is 17.6 Å². The van der Waals surface area contributed by atoms with E-state index >= 15 is 0 Å². The van der Waals surface area contributed by atoms with E-state index in [4.69, 9.17) is 4.74 Å². The minimum Gasteiger partial charge on any atom is -0.494 e. The molecular formula is C37H37N3O5S. The van der Waals surface area contributed by atoms with Gasteiger partial charge in [0, 0.05) is 16.6 Å². The molecule has 0 aromatic heterocycles. The monoisotopic (exact) mass is 635 g/mol. The van der Waals surface area contributed by atoms with Gasteiger partial charge in [0.05, 0.1) is 35.8 Å². The largest absolute Gasteiger partial charge is 0.494 e. The van der Waals surface area contributed by atoms with E-state index in [1.807, 2.05) is 79.7 Å². The first-order chi connectivity index (χ1) is 22.3. The van der Waals surface area contributed by atoms with Crippen molar-refractivity contribution < 1.29 is 24.2 Å². The van der Waals surface area contributed by atoms with Crippen molar-refractivity contribution in [2.24, 2.45) is 17.8 Å². The molecule has 3 amide bonds. The number of hydrogen-bond donors (Lipinski definition) is 3. The van der Waals surface area contributed by atoms with Gasteiger partial charge in [-0.25, -0.2) is 0 Å². The molecule has 2 bridgehead atoms. The molecule has 7 rings (SSSR count). The summed E-state index contributed by atoms with van der Waals surface area (Å²) in [7, 11) is 0. The fourth-order valence-electron chi connectivity index (χ4n) is 7.93. The number of aliphatic hydroxyl groups is 1. The SMILES string of the molecule is CCOc1ccc(NC(=O)[C@@H]2[C@H]3C(=O)N([C@H](CO)c4ccccc4)C(C(=O)Nc4ccc5ccccc5c4)C34S[C@@H]2CC4C)cc1. The number of benzene rings is 4. The first-order valence-electron chi connectivity index (χ1n) is 15.8. The summed E-state index contributed by atoms with van der Waals surface area (Å²) in [6.45, 7) is 4.18. The second kappa shape index (κ2) is 12.1. The van der Waals surface area contributed by atoms with Gasteiger partial charge in [-0.3, -0.25) is 14.4 Å². The zero-order chi connectivity index (χ0) is 32.0. The highest BCUT2D eigenvalue weighted by Crippen LogP contribution is 2.69. The predicted octanol–water partition coefficient (Wildman–Crippen LogP) is 5.89. The molecule has 3 aliphatic heterocycles. The number of carbonyl (C=O) groups is 3. The lowest BCUT2D eigenvalue weighted by atomic mass is 9.66. The van der Waals surface area contributed by atoms with Crippen molar-refractivity contribution in [1.82, 2.24) is 4.90 Å². The fraction of sp³-hybridized carbons (Fsp3) is 0.324. The molecule has 3 aliphatic rings. The van der Waals surface area contributed by atoms with E-state index in [9.17, 15) is 19.5 Å². The number of nitrogens with one attached hydrogen (secondary N) is 2. The predicted molar refractivity (Wildman–Crippen MR) is 181 cm³/mol. The van der Waals surface area contributed by atoms with Crippen LogP contribution in [0.2, 0.25) is 0 Å². The van der Waals surface area contributed by atoms with Gasteiger partial charge in [0.15, 0.2) is 0 Å². The summed E-state index contributed by atoms with van der Waals surface area (Å²) in [6.07, 6.45) is 0.707. The highest BCUT2D eigenvalue weighted by atomic mass is 32.2.